The van der Waals surface area contributed by atoms with Crippen molar-refractivity contribution in [1.29, 1.82) is 0 Å². The van der Waals surface area contributed by atoms with Crippen molar-refractivity contribution >= 4 is 5.82 Å². The lowest BCUT2D eigenvalue weighted by Crippen LogP contribution is -2.37. The lowest BCUT2D eigenvalue weighted by Gasteiger charge is -2.37. The number of anilines is 1. The number of piperidine rings is 1. The fourth-order valence-electron chi connectivity index (χ4n) is 3.85. The summed E-state index contributed by atoms with van der Waals surface area (Å²) in [6.07, 6.45) is 6.55. The Labute approximate surface area is 140 Å². The van der Waals surface area contributed by atoms with E-state index in [1.807, 2.05) is 0 Å². The summed E-state index contributed by atoms with van der Waals surface area (Å²) < 4.78 is 5.45. The number of nitrogens with zero attached hydrogens (tertiary/aromatic N) is 3. The molecule has 4 heteroatoms. The van der Waals surface area contributed by atoms with Crippen LogP contribution in [0.2, 0.25) is 0 Å². The number of hydrogen-bond acceptors (Lipinski definition) is 4. The number of hydrogen-bond donors (Lipinski definition) is 0. The normalized spacial score (nSPS) is 23.2. The molecular formula is C19H31N3O. The summed E-state index contributed by atoms with van der Waals surface area (Å²) in [4.78, 5) is 9.96. The SMILES string of the molecule is CCCCN1CCCC[C@@H]1c1ccc(N2CCOCC2)nc1C. The molecule has 4 nitrogen and oxygen atoms in total. The van der Waals surface area contributed by atoms with Crippen LogP contribution in [-0.4, -0.2) is 49.3 Å². The summed E-state index contributed by atoms with van der Waals surface area (Å²) in [5.41, 5.74) is 2.65. The molecule has 2 aliphatic rings. The van der Waals surface area contributed by atoms with E-state index in [0.717, 1.165) is 32.1 Å². The van der Waals surface area contributed by atoms with E-state index in [1.165, 1.54) is 56.5 Å². The highest BCUT2D eigenvalue weighted by Gasteiger charge is 2.25. The first-order valence-electron chi connectivity index (χ1n) is 9.34. The first kappa shape index (κ1) is 16.7. The molecule has 2 aliphatic heterocycles. The second-order valence-corrected chi connectivity index (χ2v) is 6.84. The van der Waals surface area contributed by atoms with Crippen molar-refractivity contribution in [3.8, 4) is 0 Å². The van der Waals surface area contributed by atoms with Crippen molar-refractivity contribution in [2.24, 2.45) is 0 Å². The van der Waals surface area contributed by atoms with Gasteiger partial charge in [0.15, 0.2) is 0 Å². The minimum absolute atomic E-state index is 0.571. The van der Waals surface area contributed by atoms with Crippen molar-refractivity contribution in [3.05, 3.63) is 23.4 Å². The smallest absolute Gasteiger partial charge is 0.128 e. The van der Waals surface area contributed by atoms with Crippen molar-refractivity contribution in [2.45, 2.75) is 52.0 Å². The monoisotopic (exact) mass is 317 g/mol. The Morgan fingerprint density at radius 2 is 2.00 bits per heavy atom. The van der Waals surface area contributed by atoms with Gasteiger partial charge in [0, 0.05) is 24.8 Å². The Morgan fingerprint density at radius 3 is 2.74 bits per heavy atom. The standard InChI is InChI=1S/C19H31N3O/c1-3-4-10-21-11-6-5-7-18(21)17-8-9-19(20-16(17)2)22-12-14-23-15-13-22/h8-9,18H,3-7,10-15H2,1-2H3/t18-/m1/s1. The summed E-state index contributed by atoms with van der Waals surface area (Å²) in [5, 5.41) is 0. The second kappa shape index (κ2) is 8.11. The first-order chi connectivity index (χ1) is 11.3. The Kier molecular flexibility index (Phi) is 5.90. The number of morpholine rings is 1. The molecule has 1 aromatic rings. The average Bonchev–Trinajstić information content (AvgIpc) is 2.61. The van der Waals surface area contributed by atoms with E-state index in [-0.39, 0.29) is 0 Å². The van der Waals surface area contributed by atoms with E-state index < -0.39 is 0 Å². The van der Waals surface area contributed by atoms with Crippen LogP contribution < -0.4 is 4.90 Å². The molecule has 3 rings (SSSR count). The molecular weight excluding hydrogens is 286 g/mol. The highest BCUT2D eigenvalue weighted by atomic mass is 16.5. The highest BCUT2D eigenvalue weighted by molar-refractivity contribution is 5.43. The molecule has 3 heterocycles. The summed E-state index contributed by atoms with van der Waals surface area (Å²) >= 11 is 0. The van der Waals surface area contributed by atoms with Gasteiger partial charge in [0.05, 0.1) is 13.2 Å². The maximum Gasteiger partial charge on any atom is 0.128 e. The molecule has 0 aliphatic carbocycles. The van der Waals surface area contributed by atoms with Crippen LogP contribution in [0.15, 0.2) is 12.1 Å². The van der Waals surface area contributed by atoms with Crippen molar-refractivity contribution in [3.63, 3.8) is 0 Å². The third-order valence-electron chi connectivity index (χ3n) is 5.22. The van der Waals surface area contributed by atoms with Gasteiger partial charge in [-0.1, -0.05) is 25.8 Å². The van der Waals surface area contributed by atoms with Crippen LogP contribution in [-0.2, 0) is 4.74 Å². The number of ether oxygens (including phenoxy) is 1. The van der Waals surface area contributed by atoms with Gasteiger partial charge in [-0.25, -0.2) is 4.98 Å². The summed E-state index contributed by atoms with van der Waals surface area (Å²) in [6, 6.07) is 5.13. The van der Waals surface area contributed by atoms with Crippen molar-refractivity contribution in [1.82, 2.24) is 9.88 Å². The van der Waals surface area contributed by atoms with Crippen LogP contribution in [0.25, 0.3) is 0 Å². The van der Waals surface area contributed by atoms with E-state index in [9.17, 15) is 0 Å². The number of aryl methyl sites for hydroxylation is 1. The highest BCUT2D eigenvalue weighted by Crippen LogP contribution is 2.33. The van der Waals surface area contributed by atoms with Gasteiger partial charge >= 0.3 is 0 Å². The van der Waals surface area contributed by atoms with Crippen LogP contribution in [0, 0.1) is 6.92 Å². The zero-order chi connectivity index (χ0) is 16.1. The number of likely N-dealkylation sites (tertiary alicyclic amines) is 1. The molecule has 0 aromatic carbocycles. The summed E-state index contributed by atoms with van der Waals surface area (Å²) in [7, 11) is 0. The number of unbranched alkanes of at least 4 members (excludes halogenated alkanes) is 1. The Hall–Kier alpha value is -1.13. The van der Waals surface area contributed by atoms with E-state index in [1.54, 1.807) is 0 Å². The quantitative estimate of drug-likeness (QED) is 0.830. The molecule has 0 spiro atoms. The Balaban J connectivity index is 1.75. The molecule has 1 aromatic heterocycles. The first-order valence-corrected chi connectivity index (χ1v) is 9.34. The summed E-state index contributed by atoms with van der Waals surface area (Å²) in [6.45, 7) is 10.5. The number of rotatable bonds is 5. The number of aromatic nitrogens is 1. The van der Waals surface area contributed by atoms with Gasteiger partial charge < -0.3 is 9.64 Å². The van der Waals surface area contributed by atoms with E-state index in [2.05, 4.69) is 35.8 Å². The van der Waals surface area contributed by atoms with Gasteiger partial charge in [-0.3, -0.25) is 4.90 Å². The molecule has 0 N–H and O–H groups in total. The van der Waals surface area contributed by atoms with Gasteiger partial charge in [-0.2, -0.15) is 0 Å². The lowest BCUT2D eigenvalue weighted by atomic mass is 9.94. The molecule has 2 saturated heterocycles. The lowest BCUT2D eigenvalue weighted by molar-refractivity contribution is 0.122. The van der Waals surface area contributed by atoms with Gasteiger partial charge in [0.25, 0.3) is 0 Å². The zero-order valence-corrected chi connectivity index (χ0v) is 14.8. The topological polar surface area (TPSA) is 28.6 Å². The molecule has 23 heavy (non-hydrogen) atoms. The third kappa shape index (κ3) is 4.04. The number of pyridine rings is 1. The van der Waals surface area contributed by atoms with Crippen molar-refractivity contribution in [2.75, 3.05) is 44.3 Å². The van der Waals surface area contributed by atoms with Gasteiger partial charge in [-0.05, 0) is 50.9 Å². The molecule has 0 unspecified atom stereocenters. The molecule has 0 amide bonds. The Bertz CT molecular complexity index is 499. The van der Waals surface area contributed by atoms with Gasteiger partial charge in [-0.15, -0.1) is 0 Å². The molecule has 0 saturated carbocycles. The Morgan fingerprint density at radius 1 is 1.17 bits per heavy atom. The van der Waals surface area contributed by atoms with E-state index >= 15 is 0 Å². The molecule has 1 atom stereocenters. The van der Waals surface area contributed by atoms with Crippen LogP contribution in [0.4, 0.5) is 5.82 Å². The average molecular weight is 317 g/mol. The largest absolute Gasteiger partial charge is 0.378 e. The molecule has 0 radical (unpaired) electrons. The minimum atomic E-state index is 0.571. The van der Waals surface area contributed by atoms with Crippen molar-refractivity contribution < 1.29 is 4.74 Å². The van der Waals surface area contributed by atoms with Gasteiger partial charge in [0.1, 0.15) is 5.82 Å². The predicted octanol–water partition coefficient (Wildman–Crippen LogP) is 3.55. The maximum atomic E-state index is 5.45. The van der Waals surface area contributed by atoms with Gasteiger partial charge in [0.2, 0.25) is 0 Å². The predicted molar refractivity (Wildman–Crippen MR) is 95.1 cm³/mol. The molecule has 128 valence electrons. The molecule has 2 fully saturated rings. The fraction of sp³-hybridized carbons (Fsp3) is 0.737. The van der Waals surface area contributed by atoms with E-state index in [4.69, 9.17) is 9.72 Å². The van der Waals surface area contributed by atoms with Crippen LogP contribution >= 0.6 is 0 Å². The maximum absolute atomic E-state index is 5.45. The third-order valence-corrected chi connectivity index (χ3v) is 5.22. The zero-order valence-electron chi connectivity index (χ0n) is 14.8. The second-order valence-electron chi connectivity index (χ2n) is 6.84. The summed E-state index contributed by atoms with van der Waals surface area (Å²) in [5.74, 6) is 1.12. The van der Waals surface area contributed by atoms with Crippen LogP contribution in [0.5, 0.6) is 0 Å². The fourth-order valence-corrected chi connectivity index (χ4v) is 3.85. The molecule has 0 bridgehead atoms. The minimum Gasteiger partial charge on any atom is -0.378 e. The van der Waals surface area contributed by atoms with Crippen LogP contribution in [0.3, 0.4) is 0 Å². The van der Waals surface area contributed by atoms with Crippen LogP contribution in [0.1, 0.15) is 56.3 Å². The van der Waals surface area contributed by atoms with E-state index in [0.29, 0.717) is 6.04 Å².